The monoisotopic (exact) mass is 358 g/mol. The zero-order valence-corrected chi connectivity index (χ0v) is 15.3. The number of nitrogens with one attached hydrogen (secondary N) is 1. The Labute approximate surface area is 151 Å². The predicted octanol–water partition coefficient (Wildman–Crippen LogP) is 3.62. The van der Waals surface area contributed by atoms with E-state index < -0.39 is 0 Å². The summed E-state index contributed by atoms with van der Waals surface area (Å²) in [6, 6.07) is 7.88. The van der Waals surface area contributed by atoms with Gasteiger partial charge in [-0.15, -0.1) is 10.2 Å². The lowest BCUT2D eigenvalue weighted by molar-refractivity contribution is -0.115. The molecule has 1 amide bonds. The smallest absolute Gasteiger partial charge is 0.237 e. The molecule has 2 saturated carbocycles. The van der Waals surface area contributed by atoms with Crippen LogP contribution >= 0.6 is 11.8 Å². The molecule has 0 spiro atoms. The van der Waals surface area contributed by atoms with Crippen molar-refractivity contribution in [2.24, 2.45) is 0 Å². The Morgan fingerprint density at radius 3 is 2.56 bits per heavy atom. The van der Waals surface area contributed by atoms with Gasteiger partial charge in [0.1, 0.15) is 11.6 Å². The third-order valence-electron chi connectivity index (χ3n) is 4.55. The Morgan fingerprint density at radius 1 is 1.24 bits per heavy atom. The van der Waals surface area contributed by atoms with Gasteiger partial charge in [0, 0.05) is 17.6 Å². The van der Waals surface area contributed by atoms with E-state index in [2.05, 4.69) is 20.1 Å². The van der Waals surface area contributed by atoms with Gasteiger partial charge in [-0.2, -0.15) is 0 Å². The normalized spacial score (nSPS) is 18.0. The minimum Gasteiger partial charge on any atom is -0.497 e. The zero-order chi connectivity index (χ0) is 17.4. The number of benzene rings is 1. The number of aromatic nitrogens is 3. The van der Waals surface area contributed by atoms with Crippen LogP contribution in [-0.2, 0) is 4.79 Å². The van der Waals surface area contributed by atoms with Crippen molar-refractivity contribution in [2.45, 2.75) is 55.0 Å². The first-order chi connectivity index (χ1) is 12.2. The molecule has 1 aromatic heterocycles. The predicted molar refractivity (Wildman–Crippen MR) is 97.2 cm³/mol. The molecule has 1 atom stereocenters. The highest BCUT2D eigenvalue weighted by molar-refractivity contribution is 8.00. The van der Waals surface area contributed by atoms with Crippen molar-refractivity contribution >= 4 is 23.4 Å². The molecule has 2 aliphatic rings. The fraction of sp³-hybridized carbons (Fsp3) is 0.500. The van der Waals surface area contributed by atoms with E-state index in [0.717, 1.165) is 22.4 Å². The molecule has 2 aromatic rings. The number of hydrogen-bond acceptors (Lipinski definition) is 5. The summed E-state index contributed by atoms with van der Waals surface area (Å²) in [5.41, 5.74) is 0.764. The van der Waals surface area contributed by atoms with Gasteiger partial charge in [0.15, 0.2) is 5.16 Å². The van der Waals surface area contributed by atoms with Gasteiger partial charge >= 0.3 is 0 Å². The van der Waals surface area contributed by atoms with Gasteiger partial charge < -0.3 is 14.6 Å². The summed E-state index contributed by atoms with van der Waals surface area (Å²) in [4.78, 5) is 12.5. The molecule has 4 rings (SSSR count). The Kier molecular flexibility index (Phi) is 4.41. The molecule has 0 unspecified atom stereocenters. The third-order valence-corrected chi connectivity index (χ3v) is 5.61. The first-order valence-electron chi connectivity index (χ1n) is 8.72. The first kappa shape index (κ1) is 16.4. The molecule has 1 heterocycles. The van der Waals surface area contributed by atoms with Crippen molar-refractivity contribution in [3.63, 3.8) is 0 Å². The largest absolute Gasteiger partial charge is 0.497 e. The second-order valence-corrected chi connectivity index (χ2v) is 8.00. The van der Waals surface area contributed by atoms with E-state index in [0.29, 0.717) is 12.0 Å². The SMILES string of the molecule is COc1ccc(NC(=O)[C@@H](C)Sc2nnc(C3CC3)n2C2CC2)cc1. The molecule has 2 aliphatic carbocycles. The Balaban J connectivity index is 1.42. The van der Waals surface area contributed by atoms with Gasteiger partial charge in [0.05, 0.1) is 12.4 Å². The van der Waals surface area contributed by atoms with E-state index in [-0.39, 0.29) is 11.2 Å². The van der Waals surface area contributed by atoms with Crippen molar-refractivity contribution in [1.29, 1.82) is 0 Å². The molecular formula is C18H22N4O2S. The van der Waals surface area contributed by atoms with Crippen LogP contribution in [0.25, 0.3) is 0 Å². The maximum atomic E-state index is 12.5. The molecule has 0 bridgehead atoms. The molecule has 6 nitrogen and oxygen atoms in total. The topological polar surface area (TPSA) is 69.0 Å². The minimum atomic E-state index is -0.240. The summed E-state index contributed by atoms with van der Waals surface area (Å²) in [6.07, 6.45) is 4.81. The fourth-order valence-corrected chi connectivity index (χ4v) is 3.72. The van der Waals surface area contributed by atoms with Gasteiger partial charge in [-0.25, -0.2) is 0 Å². The van der Waals surface area contributed by atoms with Crippen LogP contribution in [0.2, 0.25) is 0 Å². The highest BCUT2D eigenvalue weighted by Gasteiger charge is 2.37. The van der Waals surface area contributed by atoms with E-state index in [1.165, 1.54) is 37.4 Å². The van der Waals surface area contributed by atoms with E-state index in [1.807, 2.05) is 31.2 Å². The summed E-state index contributed by atoms with van der Waals surface area (Å²) >= 11 is 1.49. The number of carbonyl (C=O) groups excluding carboxylic acids is 1. The van der Waals surface area contributed by atoms with E-state index in [1.54, 1.807) is 7.11 Å². The Bertz CT molecular complexity index is 766. The van der Waals surface area contributed by atoms with Crippen LogP contribution in [0.4, 0.5) is 5.69 Å². The number of carbonyl (C=O) groups is 1. The summed E-state index contributed by atoms with van der Waals surface area (Å²) in [7, 11) is 1.62. The van der Waals surface area contributed by atoms with Gasteiger partial charge in [0.2, 0.25) is 5.91 Å². The van der Waals surface area contributed by atoms with Gasteiger partial charge in [-0.05, 0) is 56.9 Å². The number of ether oxygens (including phenoxy) is 1. The number of rotatable bonds is 7. The molecule has 0 saturated heterocycles. The molecular weight excluding hydrogens is 336 g/mol. The van der Waals surface area contributed by atoms with Crippen LogP contribution in [-0.4, -0.2) is 33.0 Å². The van der Waals surface area contributed by atoms with E-state index in [4.69, 9.17) is 4.74 Å². The molecule has 1 N–H and O–H groups in total. The molecule has 2 fully saturated rings. The number of methoxy groups -OCH3 is 1. The van der Waals surface area contributed by atoms with Crippen molar-refractivity contribution in [1.82, 2.24) is 14.8 Å². The van der Waals surface area contributed by atoms with Crippen molar-refractivity contribution in [2.75, 3.05) is 12.4 Å². The zero-order valence-electron chi connectivity index (χ0n) is 14.4. The van der Waals surface area contributed by atoms with Crippen LogP contribution in [0.15, 0.2) is 29.4 Å². The lowest BCUT2D eigenvalue weighted by Gasteiger charge is -2.13. The summed E-state index contributed by atoms with van der Waals surface area (Å²) in [5.74, 6) is 2.43. The van der Waals surface area contributed by atoms with Crippen LogP contribution < -0.4 is 10.1 Å². The van der Waals surface area contributed by atoms with E-state index >= 15 is 0 Å². The molecule has 132 valence electrons. The lowest BCUT2D eigenvalue weighted by Crippen LogP contribution is -2.23. The third kappa shape index (κ3) is 3.66. The summed E-state index contributed by atoms with van der Waals surface area (Å²) < 4.78 is 7.41. The summed E-state index contributed by atoms with van der Waals surface area (Å²) in [5, 5.41) is 12.4. The minimum absolute atomic E-state index is 0.0338. The lowest BCUT2D eigenvalue weighted by atomic mass is 10.3. The van der Waals surface area contributed by atoms with Crippen molar-refractivity contribution in [3.8, 4) is 5.75 Å². The Hall–Kier alpha value is -2.02. The second kappa shape index (κ2) is 6.71. The average molecular weight is 358 g/mol. The maximum absolute atomic E-state index is 12.5. The second-order valence-electron chi connectivity index (χ2n) is 6.69. The van der Waals surface area contributed by atoms with Gasteiger partial charge in [-0.1, -0.05) is 11.8 Å². The Morgan fingerprint density at radius 2 is 1.96 bits per heavy atom. The average Bonchev–Trinajstić information content (AvgIpc) is 3.54. The highest BCUT2D eigenvalue weighted by atomic mass is 32.2. The molecule has 0 radical (unpaired) electrons. The molecule has 1 aromatic carbocycles. The fourth-order valence-electron chi connectivity index (χ4n) is 2.79. The van der Waals surface area contributed by atoms with E-state index in [9.17, 15) is 4.79 Å². The van der Waals surface area contributed by atoms with Gasteiger partial charge in [0.25, 0.3) is 0 Å². The first-order valence-corrected chi connectivity index (χ1v) is 9.60. The van der Waals surface area contributed by atoms with Crippen LogP contribution in [0.1, 0.15) is 50.4 Å². The van der Waals surface area contributed by atoms with Crippen molar-refractivity contribution in [3.05, 3.63) is 30.1 Å². The van der Waals surface area contributed by atoms with Crippen LogP contribution in [0.3, 0.4) is 0 Å². The van der Waals surface area contributed by atoms with Crippen LogP contribution in [0.5, 0.6) is 5.75 Å². The number of thioether (sulfide) groups is 1. The van der Waals surface area contributed by atoms with Crippen LogP contribution in [0, 0.1) is 0 Å². The number of hydrogen-bond donors (Lipinski definition) is 1. The molecule has 7 heteroatoms. The number of nitrogens with zero attached hydrogens (tertiary/aromatic N) is 3. The quantitative estimate of drug-likeness (QED) is 0.766. The molecule has 0 aliphatic heterocycles. The van der Waals surface area contributed by atoms with Crippen molar-refractivity contribution < 1.29 is 9.53 Å². The maximum Gasteiger partial charge on any atom is 0.237 e. The molecule has 25 heavy (non-hydrogen) atoms. The number of anilines is 1. The van der Waals surface area contributed by atoms with Gasteiger partial charge in [-0.3, -0.25) is 4.79 Å². The summed E-state index contributed by atoms with van der Waals surface area (Å²) in [6.45, 7) is 1.91. The highest BCUT2D eigenvalue weighted by Crippen LogP contribution is 2.46. The standard InChI is InChI=1S/C18H22N4O2S/c1-11(17(23)19-13-5-9-15(24-2)10-6-13)25-18-21-20-16(12-3-4-12)22(18)14-7-8-14/h5-6,9-12,14H,3-4,7-8H2,1-2H3,(H,19,23)/t11-/m1/s1. The number of amides is 1.